The van der Waals surface area contributed by atoms with Crippen LogP contribution in [0, 0.1) is 0 Å². The summed E-state index contributed by atoms with van der Waals surface area (Å²) < 4.78 is 0. The van der Waals surface area contributed by atoms with Gasteiger partial charge in [-0.15, -0.1) is 0 Å². The Labute approximate surface area is 278 Å². The lowest BCUT2D eigenvalue weighted by molar-refractivity contribution is 1.06. The summed E-state index contributed by atoms with van der Waals surface area (Å²) in [4.78, 5) is 19.9. The van der Waals surface area contributed by atoms with Crippen molar-refractivity contribution in [1.82, 2.24) is 9.97 Å². The molecule has 0 aliphatic rings. The summed E-state index contributed by atoms with van der Waals surface area (Å²) in [5, 5.41) is 4.57. The third kappa shape index (κ3) is 5.70. The van der Waals surface area contributed by atoms with Crippen molar-refractivity contribution in [2.24, 2.45) is 15.7 Å². The number of nitrogens with two attached hydrogens (primary N) is 1. The molecule has 0 unspecified atom stereocenters. The Morgan fingerprint density at radius 3 is 1.81 bits per heavy atom. The van der Waals surface area contributed by atoms with E-state index in [2.05, 4.69) is 97.1 Å². The van der Waals surface area contributed by atoms with Crippen LogP contribution in [0.15, 0.2) is 174 Å². The lowest BCUT2D eigenvalue weighted by Crippen LogP contribution is -2.16. The Balaban J connectivity index is 1.19. The maximum Gasteiger partial charge on any atom is 0.157 e. The SMILES string of the molecule is NC(=NC(=NCc1ccccc1)c1cccc(-c2cccc(-c3cnc4c5ccccc5c5ccccc5c4n3)c2)c1)c1ccccc1. The minimum absolute atomic E-state index is 0.421. The summed E-state index contributed by atoms with van der Waals surface area (Å²) in [6, 6.07) is 53.5. The molecule has 0 aliphatic carbocycles. The van der Waals surface area contributed by atoms with E-state index in [-0.39, 0.29) is 0 Å². The first-order valence-electron chi connectivity index (χ1n) is 16.0. The van der Waals surface area contributed by atoms with E-state index in [0.29, 0.717) is 18.2 Å². The second-order valence-corrected chi connectivity index (χ2v) is 11.7. The zero-order valence-electron chi connectivity index (χ0n) is 26.2. The molecule has 8 rings (SSSR count). The number of hydrogen-bond donors (Lipinski definition) is 1. The fourth-order valence-electron chi connectivity index (χ4n) is 6.19. The van der Waals surface area contributed by atoms with Gasteiger partial charge < -0.3 is 5.73 Å². The van der Waals surface area contributed by atoms with Gasteiger partial charge in [-0.1, -0.05) is 146 Å². The fourth-order valence-corrected chi connectivity index (χ4v) is 6.19. The van der Waals surface area contributed by atoms with Crippen LogP contribution in [0.3, 0.4) is 0 Å². The van der Waals surface area contributed by atoms with Gasteiger partial charge in [0.2, 0.25) is 0 Å². The van der Waals surface area contributed by atoms with Crippen molar-refractivity contribution in [3.63, 3.8) is 0 Å². The van der Waals surface area contributed by atoms with Gasteiger partial charge in [0.05, 0.1) is 29.5 Å². The first-order chi connectivity index (χ1) is 23.7. The van der Waals surface area contributed by atoms with Crippen molar-refractivity contribution in [3.8, 4) is 22.4 Å². The number of hydrogen-bond acceptors (Lipinski definition) is 3. The van der Waals surface area contributed by atoms with Gasteiger partial charge in [0.15, 0.2) is 5.84 Å². The minimum Gasteiger partial charge on any atom is -0.383 e. The van der Waals surface area contributed by atoms with Crippen molar-refractivity contribution in [2.45, 2.75) is 6.54 Å². The van der Waals surface area contributed by atoms with Crippen molar-refractivity contribution in [1.29, 1.82) is 0 Å². The normalized spacial score (nSPS) is 12.2. The maximum absolute atomic E-state index is 6.50. The molecule has 0 spiro atoms. The zero-order chi connectivity index (χ0) is 32.3. The molecular weight excluding hydrogens is 587 g/mol. The van der Waals surface area contributed by atoms with Gasteiger partial charge in [-0.2, -0.15) is 0 Å². The quantitative estimate of drug-likeness (QED) is 0.115. The number of benzene rings is 7. The summed E-state index contributed by atoms with van der Waals surface area (Å²) in [7, 11) is 0. The predicted octanol–water partition coefficient (Wildman–Crippen LogP) is 9.62. The van der Waals surface area contributed by atoms with Gasteiger partial charge in [0.1, 0.15) is 5.84 Å². The molecule has 0 saturated carbocycles. The standard InChI is InChI=1S/C43H31N5/c44-42(30-15-5-2-6-16-30)48-43(46-27-29-13-3-1-4-14-29)34-20-12-18-32(26-34)31-17-11-19-33(25-31)39-28-45-40-37-23-9-7-21-35(37)36-22-8-10-24-38(36)41(40)47-39/h1-26,28H,27H2,(H2,44,46,48). The topological polar surface area (TPSA) is 76.5 Å². The van der Waals surface area contributed by atoms with Gasteiger partial charge >= 0.3 is 0 Å². The van der Waals surface area contributed by atoms with Crippen LogP contribution < -0.4 is 5.73 Å². The molecule has 5 nitrogen and oxygen atoms in total. The van der Waals surface area contributed by atoms with E-state index >= 15 is 0 Å². The lowest BCUT2D eigenvalue weighted by atomic mass is 9.98. The highest BCUT2D eigenvalue weighted by Gasteiger charge is 2.13. The average molecular weight is 618 g/mol. The Morgan fingerprint density at radius 2 is 1.08 bits per heavy atom. The number of nitrogens with zero attached hydrogens (tertiary/aromatic N) is 4. The van der Waals surface area contributed by atoms with E-state index in [1.54, 1.807) is 0 Å². The van der Waals surface area contributed by atoms with Crippen LogP contribution >= 0.6 is 0 Å². The molecule has 1 aromatic heterocycles. The maximum atomic E-state index is 6.50. The van der Waals surface area contributed by atoms with E-state index in [9.17, 15) is 0 Å². The smallest absolute Gasteiger partial charge is 0.157 e. The highest BCUT2D eigenvalue weighted by molar-refractivity contribution is 6.23. The molecule has 228 valence electrons. The number of rotatable bonds is 6. The van der Waals surface area contributed by atoms with Crippen LogP contribution in [0.25, 0.3) is 55.0 Å². The molecule has 0 amide bonds. The summed E-state index contributed by atoms with van der Waals surface area (Å²) in [5.74, 6) is 1.00. The second kappa shape index (κ2) is 12.7. The van der Waals surface area contributed by atoms with E-state index < -0.39 is 0 Å². The molecule has 0 aliphatic heterocycles. The Bertz CT molecular complexity index is 2450. The van der Waals surface area contributed by atoms with Crippen molar-refractivity contribution in [2.75, 3.05) is 0 Å². The average Bonchev–Trinajstić information content (AvgIpc) is 3.17. The third-order valence-corrected chi connectivity index (χ3v) is 8.59. The Hall–Kier alpha value is -6.46. The predicted molar refractivity (Wildman–Crippen MR) is 199 cm³/mol. The van der Waals surface area contributed by atoms with Gasteiger partial charge in [0.25, 0.3) is 0 Å². The second-order valence-electron chi connectivity index (χ2n) is 11.7. The first-order valence-corrected chi connectivity index (χ1v) is 16.0. The summed E-state index contributed by atoms with van der Waals surface area (Å²) in [6.45, 7) is 0.492. The summed E-state index contributed by atoms with van der Waals surface area (Å²) in [6.07, 6.45) is 1.88. The van der Waals surface area contributed by atoms with E-state index in [0.717, 1.165) is 60.9 Å². The van der Waals surface area contributed by atoms with Gasteiger partial charge in [0, 0.05) is 27.5 Å². The number of fused-ring (bicyclic) bond motifs is 6. The summed E-state index contributed by atoms with van der Waals surface area (Å²) >= 11 is 0. The molecule has 0 atom stereocenters. The number of aliphatic imine (C=N–C) groups is 2. The minimum atomic E-state index is 0.421. The van der Waals surface area contributed by atoms with Crippen LogP contribution in [0.4, 0.5) is 0 Å². The van der Waals surface area contributed by atoms with Crippen LogP contribution in [0.5, 0.6) is 0 Å². The highest BCUT2D eigenvalue weighted by Crippen LogP contribution is 2.34. The van der Waals surface area contributed by atoms with E-state index in [1.165, 1.54) is 10.8 Å². The Kier molecular flexibility index (Phi) is 7.69. The molecule has 0 bridgehead atoms. The molecule has 8 aromatic rings. The van der Waals surface area contributed by atoms with Crippen LogP contribution in [-0.4, -0.2) is 21.6 Å². The van der Waals surface area contributed by atoms with Crippen LogP contribution in [0.2, 0.25) is 0 Å². The molecule has 48 heavy (non-hydrogen) atoms. The largest absolute Gasteiger partial charge is 0.383 e. The summed E-state index contributed by atoms with van der Waals surface area (Å²) in [5.41, 5.74) is 15.1. The number of amidine groups is 2. The van der Waals surface area contributed by atoms with Crippen LogP contribution in [0.1, 0.15) is 16.7 Å². The monoisotopic (exact) mass is 617 g/mol. The van der Waals surface area contributed by atoms with E-state index in [1.807, 2.05) is 66.9 Å². The van der Waals surface area contributed by atoms with Crippen molar-refractivity contribution < 1.29 is 0 Å². The van der Waals surface area contributed by atoms with Crippen molar-refractivity contribution >= 4 is 44.2 Å². The number of aromatic nitrogens is 2. The highest BCUT2D eigenvalue weighted by atomic mass is 15.0. The fraction of sp³-hybridized carbons (Fsp3) is 0.0233. The lowest BCUT2D eigenvalue weighted by Gasteiger charge is -2.11. The molecule has 2 N–H and O–H groups in total. The van der Waals surface area contributed by atoms with Gasteiger partial charge in [-0.05, 0) is 39.6 Å². The van der Waals surface area contributed by atoms with E-state index in [4.69, 9.17) is 25.7 Å². The first kappa shape index (κ1) is 29.0. The van der Waals surface area contributed by atoms with Crippen molar-refractivity contribution in [3.05, 3.63) is 181 Å². The third-order valence-electron chi connectivity index (χ3n) is 8.59. The molecule has 1 heterocycles. The van der Waals surface area contributed by atoms with Crippen LogP contribution in [-0.2, 0) is 6.54 Å². The molecule has 0 fully saturated rings. The molecule has 0 radical (unpaired) electrons. The van der Waals surface area contributed by atoms with Gasteiger partial charge in [-0.3, -0.25) is 9.98 Å². The molecule has 5 heteroatoms. The zero-order valence-corrected chi connectivity index (χ0v) is 26.2. The van der Waals surface area contributed by atoms with Gasteiger partial charge in [-0.25, -0.2) is 9.98 Å². The Morgan fingerprint density at radius 1 is 0.521 bits per heavy atom. The molecule has 0 saturated heterocycles. The molecular formula is C43H31N5. The molecule has 7 aromatic carbocycles.